The van der Waals surface area contributed by atoms with E-state index in [1.165, 1.54) is 4.88 Å². The van der Waals surface area contributed by atoms with Gasteiger partial charge < -0.3 is 5.32 Å². The van der Waals surface area contributed by atoms with Gasteiger partial charge in [-0.15, -0.1) is 11.3 Å². The zero-order valence-electron chi connectivity index (χ0n) is 11.3. The molecular formula is C15H17F2NS. The summed E-state index contributed by atoms with van der Waals surface area (Å²) in [4.78, 5) is 2.22. The quantitative estimate of drug-likeness (QED) is 0.879. The lowest BCUT2D eigenvalue weighted by Gasteiger charge is -2.18. The third-order valence-electron chi connectivity index (χ3n) is 3.04. The molecule has 0 saturated carbocycles. The van der Waals surface area contributed by atoms with E-state index < -0.39 is 11.6 Å². The van der Waals surface area contributed by atoms with Crippen LogP contribution in [0.4, 0.5) is 8.78 Å². The van der Waals surface area contributed by atoms with E-state index in [0.717, 1.165) is 17.5 Å². The Morgan fingerprint density at radius 2 is 1.89 bits per heavy atom. The van der Waals surface area contributed by atoms with Crippen LogP contribution in [0.15, 0.2) is 24.3 Å². The SMILES string of the molecule is CCNC(c1ccc(C)s1)c1cc(C)c(F)cc1F. The minimum absolute atomic E-state index is 0.219. The topological polar surface area (TPSA) is 12.0 Å². The van der Waals surface area contributed by atoms with E-state index in [0.29, 0.717) is 11.1 Å². The second-order valence-corrected chi connectivity index (χ2v) is 5.88. The van der Waals surface area contributed by atoms with Crippen molar-refractivity contribution in [3.05, 3.63) is 56.8 Å². The average molecular weight is 281 g/mol. The molecule has 0 amide bonds. The first-order valence-corrected chi connectivity index (χ1v) is 7.09. The molecule has 0 aliphatic rings. The van der Waals surface area contributed by atoms with Gasteiger partial charge in [-0.3, -0.25) is 0 Å². The van der Waals surface area contributed by atoms with E-state index in [4.69, 9.17) is 0 Å². The highest BCUT2D eigenvalue weighted by Gasteiger charge is 2.20. The van der Waals surface area contributed by atoms with E-state index in [-0.39, 0.29) is 6.04 Å². The maximum absolute atomic E-state index is 14.0. The molecule has 19 heavy (non-hydrogen) atoms. The summed E-state index contributed by atoms with van der Waals surface area (Å²) >= 11 is 1.63. The highest BCUT2D eigenvalue weighted by Crippen LogP contribution is 2.30. The molecule has 0 spiro atoms. The Hall–Kier alpha value is -1.26. The number of thiophene rings is 1. The molecule has 0 bridgehead atoms. The van der Waals surface area contributed by atoms with Crippen molar-refractivity contribution in [3.63, 3.8) is 0 Å². The van der Waals surface area contributed by atoms with Crippen molar-refractivity contribution in [2.24, 2.45) is 0 Å². The van der Waals surface area contributed by atoms with E-state index in [9.17, 15) is 8.78 Å². The number of halogens is 2. The van der Waals surface area contributed by atoms with Crippen LogP contribution in [0.2, 0.25) is 0 Å². The Labute approximate surface area is 116 Å². The molecule has 2 aromatic rings. The summed E-state index contributed by atoms with van der Waals surface area (Å²) < 4.78 is 27.4. The summed E-state index contributed by atoms with van der Waals surface area (Å²) in [6.45, 7) is 6.36. The molecule has 0 aliphatic carbocycles. The molecule has 1 heterocycles. The lowest BCUT2D eigenvalue weighted by molar-refractivity contribution is 0.540. The first kappa shape index (κ1) is 14.2. The number of hydrogen-bond acceptors (Lipinski definition) is 2. The molecule has 1 nitrogen and oxygen atoms in total. The molecule has 2 rings (SSSR count). The van der Waals surface area contributed by atoms with Gasteiger partial charge >= 0.3 is 0 Å². The van der Waals surface area contributed by atoms with E-state index in [1.54, 1.807) is 24.3 Å². The minimum Gasteiger partial charge on any atom is -0.306 e. The first-order valence-electron chi connectivity index (χ1n) is 6.28. The molecule has 0 fully saturated rings. The molecule has 0 radical (unpaired) electrons. The third kappa shape index (κ3) is 3.01. The fourth-order valence-corrected chi connectivity index (χ4v) is 3.05. The predicted octanol–water partition coefficient (Wildman–Crippen LogP) is 4.34. The summed E-state index contributed by atoms with van der Waals surface area (Å²) in [7, 11) is 0. The van der Waals surface area contributed by atoms with Gasteiger partial charge in [0.15, 0.2) is 0 Å². The van der Waals surface area contributed by atoms with E-state index in [1.807, 2.05) is 26.0 Å². The zero-order chi connectivity index (χ0) is 14.0. The summed E-state index contributed by atoms with van der Waals surface area (Å²) in [5, 5.41) is 3.26. The fraction of sp³-hybridized carbons (Fsp3) is 0.333. The largest absolute Gasteiger partial charge is 0.306 e. The maximum atomic E-state index is 14.0. The van der Waals surface area contributed by atoms with Crippen LogP contribution in [-0.4, -0.2) is 6.54 Å². The number of aryl methyl sites for hydroxylation is 2. The molecule has 1 unspecified atom stereocenters. The first-order chi connectivity index (χ1) is 9.02. The van der Waals surface area contributed by atoms with Crippen LogP contribution in [-0.2, 0) is 0 Å². The summed E-state index contributed by atoms with van der Waals surface area (Å²) in [6.07, 6.45) is 0. The number of hydrogen-bond donors (Lipinski definition) is 1. The van der Waals surface area contributed by atoms with Gasteiger partial charge in [0, 0.05) is 21.4 Å². The molecule has 0 aliphatic heterocycles. The normalized spacial score (nSPS) is 12.7. The van der Waals surface area contributed by atoms with Gasteiger partial charge in [0.1, 0.15) is 11.6 Å². The molecule has 4 heteroatoms. The molecule has 0 saturated heterocycles. The lowest BCUT2D eigenvalue weighted by atomic mass is 10.0. The van der Waals surface area contributed by atoms with Gasteiger partial charge in [-0.25, -0.2) is 8.78 Å². The Morgan fingerprint density at radius 3 is 2.47 bits per heavy atom. The smallest absolute Gasteiger partial charge is 0.131 e. The number of benzene rings is 1. The van der Waals surface area contributed by atoms with Crippen molar-refractivity contribution in [2.75, 3.05) is 6.54 Å². The van der Waals surface area contributed by atoms with Crippen LogP contribution in [0, 0.1) is 25.5 Å². The van der Waals surface area contributed by atoms with Crippen molar-refractivity contribution in [1.82, 2.24) is 5.32 Å². The van der Waals surface area contributed by atoms with Crippen molar-refractivity contribution in [3.8, 4) is 0 Å². The second-order valence-electron chi connectivity index (χ2n) is 4.56. The lowest BCUT2D eigenvalue weighted by Crippen LogP contribution is -2.22. The Balaban J connectivity index is 2.47. The molecule has 1 N–H and O–H groups in total. The standard InChI is InChI=1S/C15H17F2NS/c1-4-18-15(14-6-5-10(3)19-14)11-7-9(2)12(16)8-13(11)17/h5-8,15,18H,4H2,1-3H3. The average Bonchev–Trinajstić information content (AvgIpc) is 2.78. The van der Waals surface area contributed by atoms with Gasteiger partial charge in [0.2, 0.25) is 0 Å². The molecule has 1 atom stereocenters. The van der Waals surface area contributed by atoms with Gasteiger partial charge in [0.25, 0.3) is 0 Å². The molecule has 102 valence electrons. The highest BCUT2D eigenvalue weighted by molar-refractivity contribution is 7.12. The summed E-state index contributed by atoms with van der Waals surface area (Å²) in [6, 6.07) is 6.34. The molecular weight excluding hydrogens is 264 g/mol. The van der Waals surface area contributed by atoms with Crippen LogP contribution in [0.25, 0.3) is 0 Å². The number of rotatable bonds is 4. The van der Waals surface area contributed by atoms with Crippen LogP contribution >= 0.6 is 11.3 Å². The summed E-state index contributed by atoms with van der Waals surface area (Å²) in [5.41, 5.74) is 0.968. The van der Waals surface area contributed by atoms with E-state index >= 15 is 0 Å². The van der Waals surface area contributed by atoms with Crippen molar-refractivity contribution in [1.29, 1.82) is 0 Å². The highest BCUT2D eigenvalue weighted by atomic mass is 32.1. The van der Waals surface area contributed by atoms with Crippen LogP contribution in [0.5, 0.6) is 0 Å². The second kappa shape index (κ2) is 5.80. The Morgan fingerprint density at radius 1 is 1.16 bits per heavy atom. The van der Waals surface area contributed by atoms with Gasteiger partial charge in [-0.1, -0.05) is 6.92 Å². The maximum Gasteiger partial charge on any atom is 0.131 e. The molecule has 1 aromatic heterocycles. The van der Waals surface area contributed by atoms with Crippen LogP contribution in [0.1, 0.15) is 33.8 Å². The third-order valence-corrected chi connectivity index (χ3v) is 4.11. The predicted molar refractivity (Wildman–Crippen MR) is 75.7 cm³/mol. The van der Waals surface area contributed by atoms with Crippen molar-refractivity contribution >= 4 is 11.3 Å². The Kier molecular flexibility index (Phi) is 4.32. The van der Waals surface area contributed by atoms with Gasteiger partial charge in [0.05, 0.1) is 6.04 Å². The monoisotopic (exact) mass is 281 g/mol. The van der Waals surface area contributed by atoms with Crippen LogP contribution < -0.4 is 5.32 Å². The van der Waals surface area contributed by atoms with Gasteiger partial charge in [-0.2, -0.15) is 0 Å². The minimum atomic E-state index is -0.501. The zero-order valence-corrected chi connectivity index (χ0v) is 12.1. The Bertz CT molecular complexity index is 578. The van der Waals surface area contributed by atoms with Crippen LogP contribution in [0.3, 0.4) is 0 Å². The number of nitrogens with one attached hydrogen (secondary N) is 1. The van der Waals surface area contributed by atoms with Crippen molar-refractivity contribution in [2.45, 2.75) is 26.8 Å². The van der Waals surface area contributed by atoms with Gasteiger partial charge in [-0.05, 0) is 44.2 Å². The van der Waals surface area contributed by atoms with E-state index in [2.05, 4.69) is 5.32 Å². The molecule has 1 aromatic carbocycles. The van der Waals surface area contributed by atoms with Crippen molar-refractivity contribution < 1.29 is 8.78 Å². The fourth-order valence-electron chi connectivity index (χ4n) is 2.08. The summed E-state index contributed by atoms with van der Waals surface area (Å²) in [5.74, 6) is -1.00.